The summed E-state index contributed by atoms with van der Waals surface area (Å²) in [7, 11) is 0. The van der Waals surface area contributed by atoms with Crippen LogP contribution in [-0.2, 0) is 0 Å². The topological polar surface area (TPSA) is 30.0 Å². The van der Waals surface area contributed by atoms with Crippen LogP contribution in [0, 0.1) is 0 Å². The largest absolute Gasteiger partial charge is 0.390 e. The molecule has 1 aromatic carbocycles. The first-order valence-corrected chi connectivity index (χ1v) is 6.04. The van der Waals surface area contributed by atoms with Crippen LogP contribution >= 0.6 is 0 Å². The predicted octanol–water partition coefficient (Wildman–Crippen LogP) is 4.00. The third kappa shape index (κ3) is 3.66. The average molecular weight is 279 g/mol. The zero-order valence-electron chi connectivity index (χ0n) is 10.5. The molecule has 104 valence electrons. The van der Waals surface area contributed by atoms with Crippen molar-refractivity contribution in [1.29, 1.82) is 0 Å². The molecule has 0 amide bonds. The predicted molar refractivity (Wildman–Crippen MR) is 68.4 cm³/mol. The maximum atomic E-state index is 12.7. The van der Waals surface area contributed by atoms with Crippen molar-refractivity contribution in [2.24, 2.45) is 0 Å². The Hall–Kier alpha value is -2.17. The van der Waals surface area contributed by atoms with Crippen LogP contribution in [0.2, 0.25) is 0 Å². The number of benzene rings is 1. The molecule has 0 aliphatic heterocycles. The molecule has 0 fully saturated rings. The van der Waals surface area contributed by atoms with E-state index < -0.39 is 24.3 Å². The molecular weight excluding hydrogens is 267 g/mol. The van der Waals surface area contributed by atoms with E-state index in [0.717, 1.165) is 0 Å². The molecule has 5 heteroatoms. The molecule has 2 nitrogen and oxygen atoms in total. The zero-order valence-corrected chi connectivity index (χ0v) is 10.5. The highest BCUT2D eigenvalue weighted by Gasteiger charge is 2.37. The van der Waals surface area contributed by atoms with E-state index in [9.17, 15) is 18.0 Å². The molecule has 20 heavy (non-hydrogen) atoms. The van der Waals surface area contributed by atoms with Crippen LogP contribution in [0.3, 0.4) is 0 Å². The summed E-state index contributed by atoms with van der Waals surface area (Å²) in [6.45, 7) is 0. The SMILES string of the molecule is O=C(c1ccccc1)C(CC(F)(F)F)c1ccccn1. The fraction of sp³-hybridized carbons (Fsp3) is 0.200. The first-order chi connectivity index (χ1) is 9.47. The lowest BCUT2D eigenvalue weighted by Gasteiger charge is -2.17. The van der Waals surface area contributed by atoms with Crippen molar-refractivity contribution in [3.8, 4) is 0 Å². The van der Waals surface area contributed by atoms with Gasteiger partial charge in [0.2, 0.25) is 0 Å². The molecular formula is C15H12F3NO. The highest BCUT2D eigenvalue weighted by atomic mass is 19.4. The molecule has 0 spiro atoms. The number of rotatable bonds is 4. The van der Waals surface area contributed by atoms with E-state index in [0.29, 0.717) is 0 Å². The number of nitrogens with zero attached hydrogens (tertiary/aromatic N) is 1. The van der Waals surface area contributed by atoms with Crippen LogP contribution in [0.1, 0.15) is 28.4 Å². The number of hydrogen-bond donors (Lipinski definition) is 0. The van der Waals surface area contributed by atoms with Gasteiger partial charge in [-0.1, -0.05) is 36.4 Å². The maximum absolute atomic E-state index is 12.7. The van der Waals surface area contributed by atoms with Gasteiger partial charge in [0.1, 0.15) is 0 Å². The molecule has 0 radical (unpaired) electrons. The number of aromatic nitrogens is 1. The number of Topliss-reactive ketones (excluding diaryl/α,β-unsaturated/α-hetero) is 1. The molecule has 2 aromatic rings. The summed E-state index contributed by atoms with van der Waals surface area (Å²) in [5, 5.41) is 0. The molecule has 0 aliphatic rings. The third-order valence-corrected chi connectivity index (χ3v) is 2.86. The van der Waals surface area contributed by atoms with Gasteiger partial charge in [-0.25, -0.2) is 0 Å². The molecule has 0 bridgehead atoms. The Balaban J connectivity index is 2.35. The van der Waals surface area contributed by atoms with Crippen LogP contribution in [0.25, 0.3) is 0 Å². The van der Waals surface area contributed by atoms with Gasteiger partial charge < -0.3 is 0 Å². The summed E-state index contributed by atoms with van der Waals surface area (Å²) in [4.78, 5) is 16.2. The Morgan fingerprint density at radius 1 is 1.05 bits per heavy atom. The van der Waals surface area contributed by atoms with E-state index in [-0.39, 0.29) is 11.3 Å². The van der Waals surface area contributed by atoms with E-state index in [1.54, 1.807) is 30.3 Å². The van der Waals surface area contributed by atoms with Crippen molar-refractivity contribution in [2.75, 3.05) is 0 Å². The Morgan fingerprint density at radius 3 is 2.25 bits per heavy atom. The van der Waals surface area contributed by atoms with Crippen LogP contribution in [0.15, 0.2) is 54.7 Å². The van der Waals surface area contributed by atoms with E-state index in [1.165, 1.54) is 24.4 Å². The second-order valence-electron chi connectivity index (χ2n) is 4.36. The summed E-state index contributed by atoms with van der Waals surface area (Å²) >= 11 is 0. The van der Waals surface area contributed by atoms with Crippen LogP contribution in [-0.4, -0.2) is 16.9 Å². The summed E-state index contributed by atoms with van der Waals surface area (Å²) < 4.78 is 38.1. The molecule has 0 saturated heterocycles. The van der Waals surface area contributed by atoms with Gasteiger partial charge in [-0.3, -0.25) is 9.78 Å². The van der Waals surface area contributed by atoms with Gasteiger partial charge in [0.25, 0.3) is 0 Å². The third-order valence-electron chi connectivity index (χ3n) is 2.86. The number of ketones is 1. The maximum Gasteiger partial charge on any atom is 0.390 e. The second kappa shape index (κ2) is 5.86. The molecule has 1 aromatic heterocycles. The first-order valence-electron chi connectivity index (χ1n) is 6.04. The molecule has 0 aliphatic carbocycles. The smallest absolute Gasteiger partial charge is 0.293 e. The number of hydrogen-bond acceptors (Lipinski definition) is 2. The van der Waals surface area contributed by atoms with Gasteiger partial charge in [-0.15, -0.1) is 0 Å². The van der Waals surface area contributed by atoms with Crippen molar-refractivity contribution < 1.29 is 18.0 Å². The molecule has 1 heterocycles. The lowest BCUT2D eigenvalue weighted by molar-refractivity contribution is -0.136. The highest BCUT2D eigenvalue weighted by Crippen LogP contribution is 2.32. The van der Waals surface area contributed by atoms with Gasteiger partial charge in [-0.05, 0) is 12.1 Å². The minimum atomic E-state index is -4.42. The number of halogens is 3. The molecule has 2 rings (SSSR count). The van der Waals surface area contributed by atoms with Crippen molar-refractivity contribution in [2.45, 2.75) is 18.5 Å². The fourth-order valence-corrected chi connectivity index (χ4v) is 1.95. The lowest BCUT2D eigenvalue weighted by Crippen LogP contribution is -2.22. The Labute approximate surface area is 114 Å². The Bertz CT molecular complexity index is 567. The molecule has 0 saturated carbocycles. The molecule has 1 unspecified atom stereocenters. The number of carbonyl (C=O) groups excluding carboxylic acids is 1. The van der Waals surface area contributed by atoms with Crippen molar-refractivity contribution in [1.82, 2.24) is 4.98 Å². The highest BCUT2D eigenvalue weighted by molar-refractivity contribution is 6.00. The Morgan fingerprint density at radius 2 is 1.70 bits per heavy atom. The Kier molecular flexibility index (Phi) is 4.17. The fourth-order valence-electron chi connectivity index (χ4n) is 1.95. The van der Waals surface area contributed by atoms with Crippen LogP contribution in [0.4, 0.5) is 13.2 Å². The lowest BCUT2D eigenvalue weighted by atomic mass is 9.91. The van der Waals surface area contributed by atoms with E-state index in [2.05, 4.69) is 4.98 Å². The van der Waals surface area contributed by atoms with Crippen molar-refractivity contribution >= 4 is 5.78 Å². The van der Waals surface area contributed by atoms with Gasteiger partial charge in [0.05, 0.1) is 18.0 Å². The number of alkyl halides is 3. The quantitative estimate of drug-likeness (QED) is 0.792. The number of carbonyl (C=O) groups is 1. The summed E-state index contributed by atoms with van der Waals surface area (Å²) in [6.07, 6.45) is -4.25. The average Bonchev–Trinajstić information content (AvgIpc) is 2.45. The van der Waals surface area contributed by atoms with Crippen LogP contribution in [0.5, 0.6) is 0 Å². The molecule has 0 N–H and O–H groups in total. The second-order valence-corrected chi connectivity index (χ2v) is 4.36. The van der Waals surface area contributed by atoms with Crippen molar-refractivity contribution in [3.63, 3.8) is 0 Å². The molecule has 1 atom stereocenters. The monoisotopic (exact) mass is 279 g/mol. The minimum Gasteiger partial charge on any atom is -0.293 e. The minimum absolute atomic E-state index is 0.138. The summed E-state index contributed by atoms with van der Waals surface area (Å²) in [6, 6.07) is 12.6. The van der Waals surface area contributed by atoms with E-state index in [1.807, 2.05) is 0 Å². The van der Waals surface area contributed by atoms with Gasteiger partial charge >= 0.3 is 6.18 Å². The summed E-state index contributed by atoms with van der Waals surface area (Å²) in [5.41, 5.74) is 0.395. The number of pyridine rings is 1. The van der Waals surface area contributed by atoms with Gasteiger partial charge in [-0.2, -0.15) is 13.2 Å². The van der Waals surface area contributed by atoms with E-state index >= 15 is 0 Å². The van der Waals surface area contributed by atoms with Gasteiger partial charge in [0, 0.05) is 11.8 Å². The summed E-state index contributed by atoms with van der Waals surface area (Å²) in [5.74, 6) is -1.87. The van der Waals surface area contributed by atoms with Gasteiger partial charge in [0.15, 0.2) is 5.78 Å². The van der Waals surface area contributed by atoms with Crippen molar-refractivity contribution in [3.05, 3.63) is 66.0 Å². The normalized spacial score (nSPS) is 12.9. The van der Waals surface area contributed by atoms with E-state index in [4.69, 9.17) is 0 Å². The standard InChI is InChI=1S/C15H12F3NO/c16-15(17,18)10-12(13-8-4-5-9-19-13)14(20)11-6-2-1-3-7-11/h1-9,12H,10H2. The first kappa shape index (κ1) is 14.2. The van der Waals surface area contributed by atoms with Crippen LogP contribution < -0.4 is 0 Å². The zero-order chi connectivity index (χ0) is 14.6.